The van der Waals surface area contributed by atoms with Gasteiger partial charge in [-0.25, -0.2) is 9.18 Å². The lowest BCUT2D eigenvalue weighted by Crippen LogP contribution is -2.51. The second kappa shape index (κ2) is 17.6. The van der Waals surface area contributed by atoms with Gasteiger partial charge in [0.25, 0.3) is 0 Å². The molecular weight excluding hydrogens is 584 g/mol. The first-order valence-electron chi connectivity index (χ1n) is 12.8. The average Bonchev–Trinajstić information content (AvgIpc) is 2.89. The molecule has 2 aliphatic heterocycles. The first-order valence-corrected chi connectivity index (χ1v) is 13.7. The number of benzene rings is 1. The molecule has 2 fully saturated rings. The van der Waals surface area contributed by atoms with Gasteiger partial charge in [-0.3, -0.25) is 24.2 Å². The van der Waals surface area contributed by atoms with E-state index in [4.69, 9.17) is 9.47 Å². The minimum absolute atomic E-state index is 0. The fraction of sp³-hybridized carbons (Fsp3) is 0.556. The largest absolute Gasteiger partial charge is 0.468 e. The summed E-state index contributed by atoms with van der Waals surface area (Å²) in [4.78, 5) is 54.5. The van der Waals surface area contributed by atoms with Crippen LogP contribution in [-0.2, 0) is 28.7 Å². The molecule has 0 bridgehead atoms. The van der Waals surface area contributed by atoms with Crippen LogP contribution in [-0.4, -0.2) is 102 Å². The van der Waals surface area contributed by atoms with E-state index in [1.54, 1.807) is 30.0 Å². The number of hydrogen-bond donors (Lipinski definition) is 0. The highest BCUT2D eigenvalue weighted by Gasteiger charge is 2.36. The maximum atomic E-state index is 14.7. The van der Waals surface area contributed by atoms with Crippen LogP contribution in [0.2, 0.25) is 0 Å². The van der Waals surface area contributed by atoms with Crippen molar-refractivity contribution in [2.24, 2.45) is 0 Å². The number of piperidine rings is 1. The van der Waals surface area contributed by atoms with Crippen molar-refractivity contribution in [1.82, 2.24) is 14.7 Å². The lowest BCUT2D eigenvalue weighted by Gasteiger charge is -2.38. The Labute approximate surface area is 251 Å². The van der Waals surface area contributed by atoms with Crippen LogP contribution in [0.4, 0.5) is 4.39 Å². The maximum absolute atomic E-state index is 14.7. The Morgan fingerprint density at radius 2 is 1.88 bits per heavy atom. The van der Waals surface area contributed by atoms with E-state index in [1.807, 2.05) is 15.9 Å². The van der Waals surface area contributed by atoms with Gasteiger partial charge in [-0.05, 0) is 25.0 Å². The van der Waals surface area contributed by atoms with Crippen LogP contribution >= 0.6 is 36.6 Å². The highest BCUT2D eigenvalue weighted by atomic mass is 35.5. The second-order valence-corrected chi connectivity index (χ2v) is 10.6. The van der Waals surface area contributed by atoms with Crippen molar-refractivity contribution in [2.75, 3.05) is 59.5 Å². The molecule has 0 saturated carbocycles. The molecule has 40 heavy (non-hydrogen) atoms. The van der Waals surface area contributed by atoms with Gasteiger partial charge in [0.1, 0.15) is 11.9 Å². The van der Waals surface area contributed by atoms with Gasteiger partial charge in [0.2, 0.25) is 5.91 Å². The number of ether oxygens (including phenoxy) is 2. The number of likely N-dealkylation sites (tertiary alicyclic amines) is 1. The van der Waals surface area contributed by atoms with Crippen molar-refractivity contribution in [3.05, 3.63) is 47.3 Å². The Kier molecular flexibility index (Phi) is 15.8. The van der Waals surface area contributed by atoms with E-state index in [9.17, 15) is 23.6 Å². The number of hydrogen-bond acceptors (Lipinski definition) is 9. The average molecular weight is 623 g/mol. The third kappa shape index (κ3) is 10.0. The SMILES string of the molecule is CCOC(=O)CCN1CCN(C/C=C2\CN(C(C(=O)OC)c3ccccc3F)CCC2SC(C)=O)CC1=O.Cl.Cl. The lowest BCUT2D eigenvalue weighted by atomic mass is 9.97. The number of piperazine rings is 1. The van der Waals surface area contributed by atoms with Gasteiger partial charge in [0.15, 0.2) is 5.12 Å². The third-order valence-electron chi connectivity index (χ3n) is 6.68. The van der Waals surface area contributed by atoms with E-state index < -0.39 is 17.8 Å². The number of carbonyl (C=O) groups excluding carboxylic acids is 4. The Balaban J connectivity index is 0.00000400. The number of halogens is 3. The quantitative estimate of drug-likeness (QED) is 0.288. The van der Waals surface area contributed by atoms with Gasteiger partial charge >= 0.3 is 11.9 Å². The van der Waals surface area contributed by atoms with Gasteiger partial charge in [-0.1, -0.05) is 36.0 Å². The highest BCUT2D eigenvalue weighted by Crippen LogP contribution is 2.34. The van der Waals surface area contributed by atoms with Gasteiger partial charge in [0, 0.05) is 57.0 Å². The number of thioether (sulfide) groups is 1. The molecule has 2 saturated heterocycles. The topological polar surface area (TPSA) is 96.5 Å². The molecule has 0 radical (unpaired) electrons. The van der Waals surface area contributed by atoms with Gasteiger partial charge in [-0.2, -0.15) is 0 Å². The fourth-order valence-corrected chi connectivity index (χ4v) is 5.72. The van der Waals surface area contributed by atoms with E-state index in [1.165, 1.54) is 31.9 Å². The molecule has 1 aromatic carbocycles. The van der Waals surface area contributed by atoms with Crippen LogP contribution in [0.5, 0.6) is 0 Å². The molecule has 1 aromatic rings. The summed E-state index contributed by atoms with van der Waals surface area (Å²) in [6.07, 6.45) is 2.80. The van der Waals surface area contributed by atoms with Crippen molar-refractivity contribution >= 4 is 59.5 Å². The number of carbonyl (C=O) groups is 4. The lowest BCUT2D eigenvalue weighted by molar-refractivity contribution is -0.148. The summed E-state index contributed by atoms with van der Waals surface area (Å²) in [7, 11) is 1.29. The molecule has 2 atom stereocenters. The third-order valence-corrected chi connectivity index (χ3v) is 7.83. The van der Waals surface area contributed by atoms with E-state index in [-0.39, 0.29) is 65.6 Å². The minimum atomic E-state index is -0.905. The molecule has 2 unspecified atom stereocenters. The Morgan fingerprint density at radius 3 is 2.50 bits per heavy atom. The molecule has 2 aliphatic rings. The number of rotatable bonds is 10. The zero-order chi connectivity index (χ0) is 27.7. The van der Waals surface area contributed by atoms with Gasteiger partial charge < -0.3 is 14.4 Å². The van der Waals surface area contributed by atoms with E-state index in [0.717, 1.165) is 5.57 Å². The second-order valence-electron chi connectivity index (χ2n) is 9.25. The molecule has 0 aliphatic carbocycles. The standard InChI is InChI=1S/C27H36FN3O6S.2ClH/c1-4-37-25(34)11-14-30-16-15-29(18-24(30)33)12-9-20-17-31(13-10-23(20)38-19(2)32)26(27(35)36-3)21-7-5-6-8-22(21)28;;/h5-9,23,26H,4,10-18H2,1-3H3;2*1H/b20-9+;;. The summed E-state index contributed by atoms with van der Waals surface area (Å²) in [5.41, 5.74) is 1.21. The summed E-state index contributed by atoms with van der Waals surface area (Å²) in [5, 5.41) is -0.0670. The molecule has 224 valence electrons. The van der Waals surface area contributed by atoms with E-state index >= 15 is 0 Å². The summed E-state index contributed by atoms with van der Waals surface area (Å²) in [6, 6.07) is 5.27. The van der Waals surface area contributed by atoms with Crippen molar-refractivity contribution in [1.29, 1.82) is 0 Å². The molecule has 1 amide bonds. The van der Waals surface area contributed by atoms with Gasteiger partial charge in [0.05, 0.1) is 26.7 Å². The molecule has 0 aromatic heterocycles. The Bertz CT molecular complexity index is 1060. The number of esters is 2. The fourth-order valence-electron chi connectivity index (χ4n) is 4.77. The van der Waals surface area contributed by atoms with Crippen LogP contribution in [0, 0.1) is 5.82 Å². The molecule has 9 nitrogen and oxygen atoms in total. The number of methoxy groups -OCH3 is 1. The van der Waals surface area contributed by atoms with E-state index in [2.05, 4.69) is 0 Å². The van der Waals surface area contributed by atoms with Crippen LogP contribution in [0.1, 0.15) is 38.3 Å². The van der Waals surface area contributed by atoms with Crippen LogP contribution < -0.4 is 0 Å². The van der Waals surface area contributed by atoms with Crippen LogP contribution in [0.3, 0.4) is 0 Å². The predicted octanol–water partition coefficient (Wildman–Crippen LogP) is 3.26. The summed E-state index contributed by atoms with van der Waals surface area (Å²) in [5.74, 6) is -1.39. The molecule has 3 rings (SSSR count). The zero-order valence-corrected chi connectivity index (χ0v) is 25.5. The first-order chi connectivity index (χ1) is 18.2. The minimum Gasteiger partial charge on any atom is -0.468 e. The van der Waals surface area contributed by atoms with Crippen molar-refractivity contribution in [2.45, 2.75) is 38.0 Å². The molecule has 0 N–H and O–H groups in total. The highest BCUT2D eigenvalue weighted by molar-refractivity contribution is 8.14. The Hall–Kier alpha value is -2.18. The number of amides is 1. The predicted molar refractivity (Wildman–Crippen MR) is 156 cm³/mol. The smallest absolute Gasteiger partial charge is 0.327 e. The van der Waals surface area contributed by atoms with E-state index in [0.29, 0.717) is 52.3 Å². The molecule has 2 heterocycles. The van der Waals surface area contributed by atoms with Crippen molar-refractivity contribution in [3.8, 4) is 0 Å². The molecule has 0 spiro atoms. The summed E-state index contributed by atoms with van der Waals surface area (Å²) < 4.78 is 24.6. The van der Waals surface area contributed by atoms with Crippen LogP contribution in [0.25, 0.3) is 0 Å². The van der Waals surface area contributed by atoms with Gasteiger partial charge in [-0.15, -0.1) is 24.8 Å². The normalized spacial score (nSPS) is 19.8. The Morgan fingerprint density at radius 1 is 1.15 bits per heavy atom. The molecule has 13 heteroatoms. The number of nitrogens with zero attached hydrogens (tertiary/aromatic N) is 3. The van der Waals surface area contributed by atoms with Crippen molar-refractivity contribution < 1.29 is 33.0 Å². The first kappa shape index (κ1) is 35.8. The monoisotopic (exact) mass is 621 g/mol. The van der Waals surface area contributed by atoms with Crippen molar-refractivity contribution in [3.63, 3.8) is 0 Å². The summed E-state index contributed by atoms with van der Waals surface area (Å²) >= 11 is 1.25. The molecular formula is C27H38Cl2FN3O6S. The maximum Gasteiger partial charge on any atom is 0.327 e. The summed E-state index contributed by atoms with van der Waals surface area (Å²) in [6.45, 7) is 6.67. The zero-order valence-electron chi connectivity index (χ0n) is 23.0. The van der Waals surface area contributed by atoms with Crippen LogP contribution in [0.15, 0.2) is 35.9 Å².